The van der Waals surface area contributed by atoms with Crippen molar-refractivity contribution in [1.29, 1.82) is 0 Å². The highest BCUT2D eigenvalue weighted by atomic mass is 16.5. The fourth-order valence-corrected chi connectivity index (χ4v) is 4.87. The molecule has 6 nitrogen and oxygen atoms in total. The maximum absolute atomic E-state index is 13.6. The van der Waals surface area contributed by atoms with Gasteiger partial charge in [0.1, 0.15) is 17.4 Å². The van der Waals surface area contributed by atoms with E-state index < -0.39 is 17.8 Å². The molecule has 6 heteroatoms. The minimum absolute atomic E-state index is 0.000120. The van der Waals surface area contributed by atoms with Crippen LogP contribution in [0.25, 0.3) is 0 Å². The topological polar surface area (TPSA) is 74.2 Å². The van der Waals surface area contributed by atoms with Crippen LogP contribution >= 0.6 is 0 Å². The molecule has 2 aromatic rings. The van der Waals surface area contributed by atoms with Crippen molar-refractivity contribution in [2.45, 2.75) is 31.6 Å². The van der Waals surface area contributed by atoms with Crippen molar-refractivity contribution >= 4 is 17.5 Å². The third-order valence-corrected chi connectivity index (χ3v) is 6.39. The van der Waals surface area contributed by atoms with Gasteiger partial charge < -0.3 is 14.2 Å². The number of aliphatic imine (C=N–C) groups is 1. The highest BCUT2D eigenvalue weighted by molar-refractivity contribution is 6.09. The lowest BCUT2D eigenvalue weighted by atomic mass is 9.69. The van der Waals surface area contributed by atoms with Crippen molar-refractivity contribution in [3.63, 3.8) is 0 Å². The summed E-state index contributed by atoms with van der Waals surface area (Å²) in [4.78, 5) is 31.2. The van der Waals surface area contributed by atoms with Gasteiger partial charge in [-0.2, -0.15) is 0 Å². The van der Waals surface area contributed by atoms with Crippen LogP contribution in [0.15, 0.2) is 64.8 Å². The summed E-state index contributed by atoms with van der Waals surface area (Å²) in [5, 5.41) is 0. The maximum atomic E-state index is 13.6. The van der Waals surface area contributed by atoms with E-state index in [2.05, 4.69) is 0 Å². The molecule has 0 saturated carbocycles. The first-order valence-corrected chi connectivity index (χ1v) is 10.6. The van der Waals surface area contributed by atoms with E-state index in [0.29, 0.717) is 35.6 Å². The number of carbonyl (C=O) groups excluding carboxylic acids is 2. The molecule has 1 aliphatic heterocycles. The zero-order chi connectivity index (χ0) is 22.8. The second-order valence-corrected chi connectivity index (χ2v) is 8.14. The Balaban J connectivity index is 1.88. The van der Waals surface area contributed by atoms with E-state index in [-0.39, 0.29) is 11.7 Å². The maximum Gasteiger partial charge on any atom is 0.315 e. The predicted molar refractivity (Wildman–Crippen MR) is 121 cm³/mol. The van der Waals surface area contributed by atoms with Crippen LogP contribution in [0, 0.1) is 5.92 Å². The smallest absolute Gasteiger partial charge is 0.315 e. The van der Waals surface area contributed by atoms with Gasteiger partial charge in [0.05, 0.1) is 21.3 Å². The van der Waals surface area contributed by atoms with Crippen molar-refractivity contribution in [3.05, 3.63) is 70.9 Å². The Labute approximate surface area is 187 Å². The SMILES string of the molecule is COC(=O)C1C(C)=NC2=C(C(=O)C[C@@H](c3ccccc3)C2)[C@H]1c1cc(OC)ccc1OC. The lowest BCUT2D eigenvalue weighted by Gasteiger charge is -2.36. The molecule has 4 rings (SSSR count). The summed E-state index contributed by atoms with van der Waals surface area (Å²) in [6, 6.07) is 15.4. The average molecular weight is 434 g/mol. The molecule has 3 atom stereocenters. The zero-order valence-electron chi connectivity index (χ0n) is 18.8. The normalized spacial score (nSPS) is 22.7. The quantitative estimate of drug-likeness (QED) is 0.651. The molecule has 1 heterocycles. The van der Waals surface area contributed by atoms with Gasteiger partial charge in [0.25, 0.3) is 0 Å². The van der Waals surface area contributed by atoms with E-state index in [4.69, 9.17) is 19.2 Å². The van der Waals surface area contributed by atoms with Gasteiger partial charge in [-0.3, -0.25) is 14.6 Å². The summed E-state index contributed by atoms with van der Waals surface area (Å²) in [6.07, 6.45) is 1.01. The molecule has 0 saturated heterocycles. The van der Waals surface area contributed by atoms with Crippen LogP contribution in [0.1, 0.15) is 42.7 Å². The van der Waals surface area contributed by atoms with Crippen LogP contribution in [-0.2, 0) is 14.3 Å². The molecule has 32 heavy (non-hydrogen) atoms. The van der Waals surface area contributed by atoms with Gasteiger partial charge in [-0.15, -0.1) is 0 Å². The number of ether oxygens (including phenoxy) is 3. The molecule has 166 valence electrons. The molecule has 1 aliphatic carbocycles. The minimum atomic E-state index is -0.711. The van der Waals surface area contributed by atoms with Gasteiger partial charge >= 0.3 is 5.97 Å². The van der Waals surface area contributed by atoms with Crippen LogP contribution in [-0.4, -0.2) is 38.8 Å². The summed E-state index contributed by atoms with van der Waals surface area (Å²) >= 11 is 0. The van der Waals surface area contributed by atoms with Gasteiger partial charge in [0.2, 0.25) is 0 Å². The number of carbonyl (C=O) groups is 2. The number of hydrogen-bond acceptors (Lipinski definition) is 6. The Morgan fingerprint density at radius 3 is 2.41 bits per heavy atom. The van der Waals surface area contributed by atoms with Gasteiger partial charge in [0.15, 0.2) is 5.78 Å². The Kier molecular flexibility index (Phi) is 6.12. The summed E-state index contributed by atoms with van der Waals surface area (Å²) in [5.74, 6) is -0.421. The number of hydrogen-bond donors (Lipinski definition) is 0. The Morgan fingerprint density at radius 1 is 1.00 bits per heavy atom. The van der Waals surface area contributed by atoms with E-state index >= 15 is 0 Å². The highest BCUT2D eigenvalue weighted by Gasteiger charge is 2.45. The predicted octanol–water partition coefficient (Wildman–Crippen LogP) is 4.45. The third-order valence-electron chi connectivity index (χ3n) is 6.39. The van der Waals surface area contributed by atoms with E-state index in [1.165, 1.54) is 7.11 Å². The number of Topliss-reactive ketones (excluding diaryl/α,β-unsaturated/α-hetero) is 1. The largest absolute Gasteiger partial charge is 0.497 e. The minimum Gasteiger partial charge on any atom is -0.497 e. The number of ketones is 1. The first-order chi connectivity index (χ1) is 15.5. The fraction of sp³-hybridized carbons (Fsp3) is 0.346. The first kappa shape index (κ1) is 21.8. The Morgan fingerprint density at radius 2 is 1.75 bits per heavy atom. The van der Waals surface area contributed by atoms with Crippen molar-refractivity contribution in [2.75, 3.05) is 21.3 Å². The van der Waals surface area contributed by atoms with Crippen molar-refractivity contribution in [1.82, 2.24) is 0 Å². The second-order valence-electron chi connectivity index (χ2n) is 8.14. The first-order valence-electron chi connectivity index (χ1n) is 10.6. The number of esters is 1. The summed E-state index contributed by atoms with van der Waals surface area (Å²) < 4.78 is 16.2. The molecule has 0 aromatic heterocycles. The van der Waals surface area contributed by atoms with Crippen molar-refractivity contribution in [2.24, 2.45) is 10.9 Å². The van der Waals surface area contributed by atoms with E-state index in [9.17, 15) is 9.59 Å². The number of nitrogens with zero attached hydrogens (tertiary/aromatic N) is 1. The molecule has 0 N–H and O–H groups in total. The fourth-order valence-electron chi connectivity index (χ4n) is 4.87. The molecule has 2 aromatic carbocycles. The van der Waals surface area contributed by atoms with Gasteiger partial charge in [-0.05, 0) is 43.0 Å². The van der Waals surface area contributed by atoms with E-state index in [0.717, 1.165) is 16.8 Å². The zero-order valence-corrected chi connectivity index (χ0v) is 18.8. The van der Waals surface area contributed by atoms with Crippen LogP contribution in [0.5, 0.6) is 11.5 Å². The molecule has 0 bridgehead atoms. The molecule has 2 aliphatic rings. The van der Waals surface area contributed by atoms with Gasteiger partial charge in [-0.25, -0.2) is 0 Å². The van der Waals surface area contributed by atoms with Crippen LogP contribution in [0.2, 0.25) is 0 Å². The number of benzene rings is 2. The molecule has 0 radical (unpaired) electrons. The number of rotatable bonds is 5. The Hall–Kier alpha value is -3.41. The average Bonchev–Trinajstić information content (AvgIpc) is 2.82. The molecular weight excluding hydrogens is 406 g/mol. The second kappa shape index (κ2) is 8.99. The molecular formula is C26H27NO5. The van der Waals surface area contributed by atoms with Crippen LogP contribution in [0.3, 0.4) is 0 Å². The highest BCUT2D eigenvalue weighted by Crippen LogP contribution is 2.49. The van der Waals surface area contributed by atoms with Crippen LogP contribution < -0.4 is 9.47 Å². The summed E-state index contributed by atoms with van der Waals surface area (Å²) in [7, 11) is 4.51. The third kappa shape index (κ3) is 3.81. The van der Waals surface area contributed by atoms with E-state index in [1.807, 2.05) is 43.3 Å². The van der Waals surface area contributed by atoms with Crippen molar-refractivity contribution < 1.29 is 23.8 Å². The van der Waals surface area contributed by atoms with Gasteiger partial charge in [-0.1, -0.05) is 30.3 Å². The summed E-state index contributed by atoms with van der Waals surface area (Å²) in [6.45, 7) is 1.82. The molecule has 0 spiro atoms. The molecule has 1 unspecified atom stereocenters. The van der Waals surface area contributed by atoms with E-state index in [1.54, 1.807) is 26.4 Å². The standard InChI is InChI=1S/C26H27NO5/c1-15-23(26(29)32-4)24(19-14-18(30-2)10-11-22(19)31-3)25-20(27-15)12-17(13-21(25)28)16-8-6-5-7-9-16/h5-11,14,17,23-24H,12-13H2,1-4H3/t17-,23?,24-/m0/s1. The number of allylic oxidation sites excluding steroid dienone is 2. The summed E-state index contributed by atoms with van der Waals surface area (Å²) in [5.41, 5.74) is 3.78. The lowest BCUT2D eigenvalue weighted by molar-refractivity contribution is -0.143. The van der Waals surface area contributed by atoms with Crippen molar-refractivity contribution in [3.8, 4) is 11.5 Å². The number of methoxy groups -OCH3 is 3. The Bertz CT molecular complexity index is 1100. The monoisotopic (exact) mass is 433 g/mol. The molecule has 0 fully saturated rings. The van der Waals surface area contributed by atoms with Gasteiger partial charge in [0, 0.05) is 34.9 Å². The van der Waals surface area contributed by atoms with Crippen LogP contribution in [0.4, 0.5) is 0 Å². The molecule has 0 amide bonds. The lowest BCUT2D eigenvalue weighted by Crippen LogP contribution is -2.38.